The average molecular weight is 236 g/mol. The summed E-state index contributed by atoms with van der Waals surface area (Å²) < 4.78 is 0. The fourth-order valence-corrected chi connectivity index (χ4v) is 2.51. The quantitative estimate of drug-likeness (QED) is 0.629. The molecule has 0 aliphatic heterocycles. The Morgan fingerprint density at radius 2 is 1.80 bits per heavy atom. The summed E-state index contributed by atoms with van der Waals surface area (Å²) in [6, 6.07) is -0.346. The normalized spacial score (nSPS) is 24.8. The molecule has 3 atom stereocenters. The Morgan fingerprint density at radius 1 is 1.20 bits per heavy atom. The Balaban J connectivity index is 2.29. The lowest BCUT2D eigenvalue weighted by atomic mass is 9.83. The third-order valence-electron chi connectivity index (χ3n) is 3.32. The minimum absolute atomic E-state index is 0.0412. The lowest BCUT2D eigenvalue weighted by Crippen LogP contribution is -2.45. The van der Waals surface area contributed by atoms with Gasteiger partial charge in [0, 0.05) is 6.04 Å². The van der Waals surface area contributed by atoms with Crippen molar-refractivity contribution in [3.8, 4) is 0 Å². The van der Waals surface area contributed by atoms with Gasteiger partial charge in [0.15, 0.2) is 0 Å². The molecule has 90 valence electrons. The highest BCUT2D eigenvalue weighted by atomic mass is 35.5. The summed E-state index contributed by atoms with van der Waals surface area (Å²) in [4.78, 5) is 0. The van der Waals surface area contributed by atoms with E-state index in [4.69, 9.17) is 17.3 Å². The molecule has 1 rings (SSSR count). The van der Waals surface area contributed by atoms with Crippen LogP contribution in [0.1, 0.15) is 38.5 Å². The van der Waals surface area contributed by atoms with E-state index in [1.807, 2.05) is 0 Å². The van der Waals surface area contributed by atoms with Crippen LogP contribution in [0.25, 0.3) is 0 Å². The molecule has 0 aromatic carbocycles. The smallest absolute Gasteiger partial charge is 0.0961 e. The maximum absolute atomic E-state index is 9.66. The zero-order chi connectivity index (χ0) is 11.3. The molecule has 0 saturated heterocycles. The molecule has 0 aromatic heterocycles. The van der Waals surface area contributed by atoms with Crippen LogP contribution in [-0.2, 0) is 0 Å². The molecule has 1 aliphatic carbocycles. The first-order valence-corrected chi connectivity index (χ1v) is 6.36. The summed E-state index contributed by atoms with van der Waals surface area (Å²) in [5, 5.41) is 19.0. The van der Waals surface area contributed by atoms with Gasteiger partial charge in [-0.3, -0.25) is 0 Å². The van der Waals surface area contributed by atoms with Gasteiger partial charge in [0.25, 0.3) is 0 Å². The summed E-state index contributed by atoms with van der Waals surface area (Å²) in [6.07, 6.45) is 5.29. The summed E-state index contributed by atoms with van der Waals surface area (Å²) in [6.45, 7) is 0. The Hall–Kier alpha value is 0.170. The van der Waals surface area contributed by atoms with Crippen LogP contribution in [0.4, 0.5) is 0 Å². The van der Waals surface area contributed by atoms with Crippen LogP contribution in [-0.4, -0.2) is 34.3 Å². The van der Waals surface area contributed by atoms with E-state index in [0.717, 1.165) is 6.42 Å². The lowest BCUT2D eigenvalue weighted by molar-refractivity contribution is 0.0109. The predicted molar refractivity (Wildman–Crippen MR) is 61.9 cm³/mol. The minimum atomic E-state index is -0.898. The molecule has 1 fully saturated rings. The molecule has 0 heterocycles. The van der Waals surface area contributed by atoms with Crippen LogP contribution < -0.4 is 5.73 Å². The van der Waals surface area contributed by atoms with Crippen LogP contribution in [0.15, 0.2) is 0 Å². The number of nitrogens with two attached hydrogens (primary N) is 1. The van der Waals surface area contributed by atoms with Crippen molar-refractivity contribution in [1.29, 1.82) is 0 Å². The third kappa shape index (κ3) is 4.27. The van der Waals surface area contributed by atoms with Crippen LogP contribution >= 0.6 is 11.6 Å². The average Bonchev–Trinajstić information content (AvgIpc) is 2.28. The maximum Gasteiger partial charge on any atom is 0.0961 e. The van der Waals surface area contributed by atoms with Crippen LogP contribution in [0.3, 0.4) is 0 Å². The van der Waals surface area contributed by atoms with Gasteiger partial charge >= 0.3 is 0 Å². The molecule has 0 bridgehead atoms. The monoisotopic (exact) mass is 235 g/mol. The second-order valence-corrected chi connectivity index (χ2v) is 4.92. The summed E-state index contributed by atoms with van der Waals surface area (Å²) in [7, 11) is 0. The van der Waals surface area contributed by atoms with Crippen molar-refractivity contribution in [2.45, 2.75) is 56.8 Å². The zero-order valence-electron chi connectivity index (χ0n) is 9.11. The maximum atomic E-state index is 9.66. The van der Waals surface area contributed by atoms with Gasteiger partial charge in [0.05, 0.1) is 18.1 Å². The Bertz CT molecular complexity index is 174. The first kappa shape index (κ1) is 13.2. The van der Waals surface area contributed by atoms with E-state index < -0.39 is 12.2 Å². The van der Waals surface area contributed by atoms with Crippen molar-refractivity contribution in [2.24, 2.45) is 11.7 Å². The number of rotatable bonds is 5. The van der Waals surface area contributed by atoms with Crippen molar-refractivity contribution >= 4 is 11.6 Å². The highest BCUT2D eigenvalue weighted by Gasteiger charge is 2.25. The van der Waals surface area contributed by atoms with Gasteiger partial charge in [-0.2, -0.15) is 0 Å². The number of halogens is 1. The van der Waals surface area contributed by atoms with Crippen LogP contribution in [0.5, 0.6) is 0 Å². The lowest BCUT2D eigenvalue weighted by Gasteiger charge is -2.28. The van der Waals surface area contributed by atoms with Gasteiger partial charge in [0.1, 0.15) is 0 Å². The molecule has 0 spiro atoms. The van der Waals surface area contributed by atoms with Gasteiger partial charge in [-0.05, 0) is 12.3 Å². The van der Waals surface area contributed by atoms with E-state index in [0.29, 0.717) is 5.92 Å². The van der Waals surface area contributed by atoms with Crippen LogP contribution in [0.2, 0.25) is 0 Å². The van der Waals surface area contributed by atoms with E-state index in [2.05, 4.69) is 0 Å². The second-order valence-electron chi connectivity index (χ2n) is 4.62. The van der Waals surface area contributed by atoms with E-state index in [9.17, 15) is 10.2 Å². The Labute approximate surface area is 96.6 Å². The highest BCUT2D eigenvalue weighted by Crippen LogP contribution is 2.27. The molecule has 15 heavy (non-hydrogen) atoms. The Kier molecular flexibility index (Phi) is 5.90. The number of aliphatic hydroxyl groups excluding tert-OH is 2. The van der Waals surface area contributed by atoms with Gasteiger partial charge in [-0.25, -0.2) is 0 Å². The predicted octanol–water partition coefficient (Wildman–Crippen LogP) is 1.24. The first-order valence-electron chi connectivity index (χ1n) is 5.82. The number of hydrogen-bond donors (Lipinski definition) is 3. The molecule has 1 saturated carbocycles. The molecule has 3 nitrogen and oxygen atoms in total. The summed E-state index contributed by atoms with van der Waals surface area (Å²) >= 11 is 5.47. The van der Waals surface area contributed by atoms with Gasteiger partial charge in [0.2, 0.25) is 0 Å². The first-order chi connectivity index (χ1) is 7.15. The molecule has 4 heteroatoms. The van der Waals surface area contributed by atoms with E-state index >= 15 is 0 Å². The standard InChI is InChI=1S/C11H22ClNO2/c12-7-10(14)11(15)9(13)6-8-4-2-1-3-5-8/h8-11,14-15H,1-7,13H2/t9-,10?,11?/m0/s1. The van der Waals surface area contributed by atoms with Crippen molar-refractivity contribution in [2.75, 3.05) is 5.88 Å². The molecule has 4 N–H and O–H groups in total. The molecule has 0 radical (unpaired) electrons. The zero-order valence-corrected chi connectivity index (χ0v) is 9.86. The summed E-state index contributed by atoms with van der Waals surface area (Å²) in [5.41, 5.74) is 5.86. The molecule has 1 aliphatic rings. The van der Waals surface area contributed by atoms with Gasteiger partial charge in [-0.15, -0.1) is 11.6 Å². The van der Waals surface area contributed by atoms with Gasteiger partial charge in [-0.1, -0.05) is 32.1 Å². The molecule has 0 amide bonds. The molecule has 2 unspecified atom stereocenters. The van der Waals surface area contributed by atoms with E-state index in [-0.39, 0.29) is 11.9 Å². The topological polar surface area (TPSA) is 66.5 Å². The fourth-order valence-electron chi connectivity index (χ4n) is 2.32. The van der Waals surface area contributed by atoms with Crippen molar-refractivity contribution in [3.05, 3.63) is 0 Å². The minimum Gasteiger partial charge on any atom is -0.389 e. The molecular formula is C11H22ClNO2. The van der Waals surface area contributed by atoms with Crippen LogP contribution in [0, 0.1) is 5.92 Å². The Morgan fingerprint density at radius 3 is 2.33 bits per heavy atom. The summed E-state index contributed by atoms with van der Waals surface area (Å²) in [5.74, 6) is 0.658. The van der Waals surface area contributed by atoms with E-state index in [1.54, 1.807) is 0 Å². The second kappa shape index (κ2) is 6.69. The third-order valence-corrected chi connectivity index (χ3v) is 3.64. The number of hydrogen-bond acceptors (Lipinski definition) is 3. The number of aliphatic hydroxyl groups is 2. The van der Waals surface area contributed by atoms with Gasteiger partial charge < -0.3 is 15.9 Å². The fraction of sp³-hybridized carbons (Fsp3) is 1.00. The SMILES string of the molecule is N[C@@H](CC1CCCCC1)C(O)C(O)CCl. The highest BCUT2D eigenvalue weighted by molar-refractivity contribution is 6.18. The molecule has 0 aromatic rings. The van der Waals surface area contributed by atoms with Crippen molar-refractivity contribution in [3.63, 3.8) is 0 Å². The van der Waals surface area contributed by atoms with E-state index in [1.165, 1.54) is 32.1 Å². The van der Waals surface area contributed by atoms with Crippen molar-refractivity contribution in [1.82, 2.24) is 0 Å². The van der Waals surface area contributed by atoms with Crippen molar-refractivity contribution < 1.29 is 10.2 Å². The molecular weight excluding hydrogens is 214 g/mol. The largest absolute Gasteiger partial charge is 0.389 e. The number of alkyl halides is 1.